The molecule has 0 radical (unpaired) electrons. The van der Waals surface area contributed by atoms with E-state index in [-0.39, 0.29) is 19.2 Å². The van der Waals surface area contributed by atoms with E-state index in [2.05, 4.69) is 5.32 Å². The lowest BCUT2D eigenvalue weighted by Gasteiger charge is -2.28. The molecule has 1 fully saturated rings. The summed E-state index contributed by atoms with van der Waals surface area (Å²) in [6.07, 6.45) is -2.22. The lowest BCUT2D eigenvalue weighted by Crippen LogP contribution is -2.50. The van der Waals surface area contributed by atoms with Crippen molar-refractivity contribution in [2.75, 3.05) is 13.2 Å². The van der Waals surface area contributed by atoms with E-state index in [1.165, 1.54) is 4.90 Å². The number of rotatable bonds is 9. The van der Waals surface area contributed by atoms with Gasteiger partial charge in [-0.05, 0) is 48.1 Å². The number of carbonyl (C=O) groups excluding carboxylic acids is 3. The highest BCUT2D eigenvalue weighted by Gasteiger charge is 2.38. The predicted octanol–water partition coefficient (Wildman–Crippen LogP) is 3.23. The second kappa shape index (κ2) is 12.5. The smallest absolute Gasteiger partial charge is 0.338 e. The van der Waals surface area contributed by atoms with Gasteiger partial charge in [0, 0.05) is 13.1 Å². The van der Waals surface area contributed by atoms with E-state index in [0.29, 0.717) is 12.1 Å². The third kappa shape index (κ3) is 6.10. The standard InChI is InChI=1S/C30H32N2O6/c1-2-38-30(37)24-12-7-6-11-23(24)21-16-14-20(15-17-21)19-31-28(35)26(33)27(34)29(36)32-18-8-13-25(32)22-9-4-3-5-10-22/h3-7,9-12,14-17,25-27,33-34H,2,8,13,18-19H2,1H3,(H,31,35)/t25-,26?,27?/m1/s1. The molecule has 198 valence electrons. The first-order chi connectivity index (χ1) is 18.4. The van der Waals surface area contributed by atoms with Gasteiger partial charge in [-0.3, -0.25) is 9.59 Å². The molecule has 3 aromatic carbocycles. The van der Waals surface area contributed by atoms with Crippen LogP contribution in [0.15, 0.2) is 78.9 Å². The molecule has 8 nitrogen and oxygen atoms in total. The molecule has 3 N–H and O–H groups in total. The van der Waals surface area contributed by atoms with Crippen molar-refractivity contribution in [3.63, 3.8) is 0 Å². The summed E-state index contributed by atoms with van der Waals surface area (Å²) in [5, 5.41) is 23.5. The van der Waals surface area contributed by atoms with Gasteiger partial charge in [-0.1, -0.05) is 72.8 Å². The molecule has 1 aliphatic rings. The average molecular weight is 517 g/mol. The average Bonchev–Trinajstić information content (AvgIpc) is 3.46. The number of carbonyl (C=O) groups is 3. The first-order valence-electron chi connectivity index (χ1n) is 12.8. The van der Waals surface area contributed by atoms with Gasteiger partial charge in [-0.25, -0.2) is 4.79 Å². The Kier molecular flexibility index (Phi) is 8.89. The van der Waals surface area contributed by atoms with Crippen molar-refractivity contribution in [1.29, 1.82) is 0 Å². The van der Waals surface area contributed by atoms with E-state index in [1.807, 2.05) is 54.6 Å². The molecule has 0 bridgehead atoms. The summed E-state index contributed by atoms with van der Waals surface area (Å²) >= 11 is 0. The summed E-state index contributed by atoms with van der Waals surface area (Å²) < 4.78 is 5.14. The van der Waals surface area contributed by atoms with Gasteiger partial charge in [0.05, 0.1) is 18.2 Å². The van der Waals surface area contributed by atoms with Crippen LogP contribution in [0, 0.1) is 0 Å². The largest absolute Gasteiger partial charge is 0.462 e. The molecule has 2 unspecified atom stereocenters. The van der Waals surface area contributed by atoms with Gasteiger partial charge in [0.2, 0.25) is 0 Å². The van der Waals surface area contributed by atoms with E-state index < -0.39 is 30.0 Å². The summed E-state index contributed by atoms with van der Waals surface area (Å²) in [7, 11) is 0. The molecular formula is C30H32N2O6. The van der Waals surface area contributed by atoms with Crippen molar-refractivity contribution in [2.24, 2.45) is 0 Å². The van der Waals surface area contributed by atoms with Gasteiger partial charge < -0.3 is 25.2 Å². The normalized spacial score (nSPS) is 16.5. The highest BCUT2D eigenvalue weighted by Crippen LogP contribution is 2.32. The van der Waals surface area contributed by atoms with Gasteiger partial charge >= 0.3 is 5.97 Å². The van der Waals surface area contributed by atoms with Crippen molar-refractivity contribution in [2.45, 2.75) is 44.6 Å². The summed E-state index contributed by atoms with van der Waals surface area (Å²) in [5.41, 5.74) is 3.70. The number of hydrogen-bond acceptors (Lipinski definition) is 6. The minimum atomic E-state index is -1.89. The Morgan fingerprint density at radius 2 is 1.63 bits per heavy atom. The van der Waals surface area contributed by atoms with Crippen molar-refractivity contribution >= 4 is 17.8 Å². The minimum absolute atomic E-state index is 0.0902. The topological polar surface area (TPSA) is 116 Å². The number of benzene rings is 3. The van der Waals surface area contributed by atoms with Crippen LogP contribution in [0.5, 0.6) is 0 Å². The zero-order valence-corrected chi connectivity index (χ0v) is 21.2. The maximum Gasteiger partial charge on any atom is 0.338 e. The Morgan fingerprint density at radius 1 is 0.947 bits per heavy atom. The molecule has 2 amide bonds. The van der Waals surface area contributed by atoms with E-state index in [1.54, 1.807) is 31.2 Å². The molecule has 0 saturated carbocycles. The van der Waals surface area contributed by atoms with Crippen LogP contribution in [0.4, 0.5) is 0 Å². The first-order valence-corrected chi connectivity index (χ1v) is 12.8. The van der Waals surface area contributed by atoms with Gasteiger partial charge in [0.25, 0.3) is 11.8 Å². The van der Waals surface area contributed by atoms with E-state index in [9.17, 15) is 24.6 Å². The molecule has 8 heteroatoms. The number of likely N-dealkylation sites (tertiary alicyclic amines) is 1. The Bertz CT molecular complexity index is 1260. The number of amides is 2. The number of hydrogen-bond donors (Lipinski definition) is 3. The Labute approximate surface area is 221 Å². The molecule has 1 heterocycles. The fourth-order valence-corrected chi connectivity index (χ4v) is 4.72. The highest BCUT2D eigenvalue weighted by atomic mass is 16.5. The monoisotopic (exact) mass is 516 g/mol. The summed E-state index contributed by atoms with van der Waals surface area (Å²) in [4.78, 5) is 39.3. The lowest BCUT2D eigenvalue weighted by molar-refractivity contribution is -0.153. The van der Waals surface area contributed by atoms with Gasteiger partial charge in [0.15, 0.2) is 12.2 Å². The van der Waals surface area contributed by atoms with Crippen LogP contribution in [0.2, 0.25) is 0 Å². The molecule has 3 atom stereocenters. The highest BCUT2D eigenvalue weighted by molar-refractivity contribution is 5.97. The Balaban J connectivity index is 1.35. The van der Waals surface area contributed by atoms with Crippen LogP contribution < -0.4 is 5.32 Å². The molecule has 1 aliphatic heterocycles. The lowest BCUT2D eigenvalue weighted by atomic mass is 9.98. The zero-order valence-electron chi connectivity index (χ0n) is 21.2. The van der Waals surface area contributed by atoms with Gasteiger partial charge in [0.1, 0.15) is 0 Å². The molecule has 0 aromatic heterocycles. The number of aliphatic hydroxyl groups excluding tert-OH is 2. The second-order valence-corrected chi connectivity index (χ2v) is 9.17. The molecule has 0 aliphatic carbocycles. The molecule has 0 spiro atoms. The maximum atomic E-state index is 12.9. The van der Waals surface area contributed by atoms with Crippen LogP contribution in [-0.2, 0) is 20.9 Å². The van der Waals surface area contributed by atoms with Crippen molar-refractivity contribution in [1.82, 2.24) is 10.2 Å². The number of nitrogens with zero attached hydrogens (tertiary/aromatic N) is 1. The van der Waals surface area contributed by atoms with Crippen LogP contribution in [-0.4, -0.2) is 58.3 Å². The maximum absolute atomic E-state index is 12.9. The van der Waals surface area contributed by atoms with E-state index in [4.69, 9.17) is 4.74 Å². The SMILES string of the molecule is CCOC(=O)c1ccccc1-c1ccc(CNC(=O)C(O)C(O)C(=O)N2CCC[C@@H]2c2ccccc2)cc1. The van der Waals surface area contributed by atoms with Gasteiger partial charge in [-0.15, -0.1) is 0 Å². The third-order valence-corrected chi connectivity index (χ3v) is 6.70. The second-order valence-electron chi connectivity index (χ2n) is 9.17. The molecular weight excluding hydrogens is 484 g/mol. The Morgan fingerprint density at radius 3 is 2.34 bits per heavy atom. The number of nitrogens with one attached hydrogen (secondary N) is 1. The third-order valence-electron chi connectivity index (χ3n) is 6.70. The minimum Gasteiger partial charge on any atom is -0.462 e. The van der Waals surface area contributed by atoms with Crippen LogP contribution in [0.3, 0.4) is 0 Å². The van der Waals surface area contributed by atoms with Crippen LogP contribution in [0.25, 0.3) is 11.1 Å². The fraction of sp³-hybridized carbons (Fsp3) is 0.300. The van der Waals surface area contributed by atoms with Crippen molar-refractivity contribution in [3.8, 4) is 11.1 Å². The summed E-state index contributed by atoms with van der Waals surface area (Å²) in [6, 6.07) is 23.7. The predicted molar refractivity (Wildman–Crippen MR) is 142 cm³/mol. The first kappa shape index (κ1) is 27.0. The number of aliphatic hydroxyl groups is 2. The van der Waals surface area contributed by atoms with Crippen LogP contribution in [0.1, 0.15) is 47.3 Å². The molecule has 1 saturated heterocycles. The summed E-state index contributed by atoms with van der Waals surface area (Å²) in [5.74, 6) is -1.90. The Hall–Kier alpha value is -4.01. The molecule has 3 aromatic rings. The summed E-state index contributed by atoms with van der Waals surface area (Å²) in [6.45, 7) is 2.58. The zero-order chi connectivity index (χ0) is 27.1. The number of ether oxygens (including phenoxy) is 1. The number of esters is 1. The van der Waals surface area contributed by atoms with Gasteiger partial charge in [-0.2, -0.15) is 0 Å². The molecule has 38 heavy (non-hydrogen) atoms. The van der Waals surface area contributed by atoms with Crippen LogP contribution >= 0.6 is 0 Å². The van der Waals surface area contributed by atoms with E-state index in [0.717, 1.165) is 35.1 Å². The van der Waals surface area contributed by atoms with Crippen molar-refractivity contribution in [3.05, 3.63) is 95.6 Å². The quantitative estimate of drug-likeness (QED) is 0.376. The van der Waals surface area contributed by atoms with Crippen molar-refractivity contribution < 1.29 is 29.3 Å². The molecule has 4 rings (SSSR count). The fourth-order valence-electron chi connectivity index (χ4n) is 4.72. The van der Waals surface area contributed by atoms with E-state index >= 15 is 0 Å².